The maximum atomic E-state index is 10.6. The van der Waals surface area contributed by atoms with Crippen molar-refractivity contribution < 1.29 is 23.7 Å². The number of alkyl halides is 1. The third-order valence-electron chi connectivity index (χ3n) is 1.55. The van der Waals surface area contributed by atoms with E-state index in [2.05, 4.69) is 0 Å². The first kappa shape index (κ1) is 15.6. The minimum atomic E-state index is -0.432. The van der Waals surface area contributed by atoms with Crippen LogP contribution in [0.5, 0.6) is 0 Å². The summed E-state index contributed by atoms with van der Waals surface area (Å²) in [6.07, 6.45) is 0. The number of rotatable bonds is 11. The van der Waals surface area contributed by atoms with Crippen molar-refractivity contribution in [2.45, 2.75) is 6.92 Å². The van der Waals surface area contributed by atoms with Gasteiger partial charge in [-0.05, 0) is 6.92 Å². The highest BCUT2D eigenvalue weighted by molar-refractivity contribution is 6.26. The fraction of sp³-hybridized carbons (Fsp3) is 0.900. The van der Waals surface area contributed by atoms with Crippen LogP contribution in [0.1, 0.15) is 6.92 Å². The summed E-state index contributed by atoms with van der Waals surface area (Å²) in [5.41, 5.74) is 0. The van der Waals surface area contributed by atoms with E-state index < -0.39 is 5.97 Å². The van der Waals surface area contributed by atoms with Gasteiger partial charge in [-0.3, -0.25) is 4.79 Å². The van der Waals surface area contributed by atoms with Gasteiger partial charge >= 0.3 is 5.97 Å². The molecule has 0 rings (SSSR count). The summed E-state index contributed by atoms with van der Waals surface area (Å²) in [7, 11) is 0. The number of carbonyl (C=O) groups excluding carboxylic acids is 1. The van der Waals surface area contributed by atoms with Gasteiger partial charge in [0, 0.05) is 6.61 Å². The van der Waals surface area contributed by atoms with Gasteiger partial charge in [0.25, 0.3) is 0 Å². The van der Waals surface area contributed by atoms with Gasteiger partial charge in [0.05, 0.1) is 33.0 Å². The van der Waals surface area contributed by atoms with Gasteiger partial charge in [0.2, 0.25) is 0 Å². The van der Waals surface area contributed by atoms with Gasteiger partial charge in [-0.15, -0.1) is 11.6 Å². The summed E-state index contributed by atoms with van der Waals surface area (Å²) < 4.78 is 20.1. The van der Waals surface area contributed by atoms with Crippen molar-refractivity contribution in [3.63, 3.8) is 0 Å². The van der Waals surface area contributed by atoms with E-state index in [1.54, 1.807) is 0 Å². The molecule has 16 heavy (non-hydrogen) atoms. The van der Waals surface area contributed by atoms with Crippen LogP contribution in [0.25, 0.3) is 0 Å². The molecular weight excluding hydrogens is 236 g/mol. The molecule has 0 aliphatic rings. The van der Waals surface area contributed by atoms with Crippen molar-refractivity contribution in [2.75, 3.05) is 52.1 Å². The fourth-order valence-corrected chi connectivity index (χ4v) is 0.914. The first-order valence-electron chi connectivity index (χ1n) is 5.26. The Kier molecular flexibility index (Phi) is 12.4. The molecule has 96 valence electrons. The monoisotopic (exact) mass is 254 g/mol. The van der Waals surface area contributed by atoms with Crippen LogP contribution in [0.3, 0.4) is 0 Å². The Bertz CT molecular complexity index is 165. The van der Waals surface area contributed by atoms with E-state index in [0.29, 0.717) is 39.6 Å². The zero-order chi connectivity index (χ0) is 12.1. The molecule has 0 amide bonds. The maximum absolute atomic E-state index is 10.6. The quantitative estimate of drug-likeness (QED) is 0.311. The van der Waals surface area contributed by atoms with Gasteiger partial charge in [-0.2, -0.15) is 0 Å². The summed E-state index contributed by atoms with van der Waals surface area (Å²) in [5, 5.41) is 0. The molecule has 0 saturated heterocycles. The summed E-state index contributed by atoms with van der Waals surface area (Å²) in [5.74, 6) is -0.557. The molecule has 6 heteroatoms. The van der Waals surface area contributed by atoms with Crippen LogP contribution in [0.2, 0.25) is 0 Å². The molecule has 0 heterocycles. The molecule has 0 aliphatic heterocycles. The van der Waals surface area contributed by atoms with Crippen molar-refractivity contribution in [1.82, 2.24) is 0 Å². The minimum Gasteiger partial charge on any atom is -0.462 e. The predicted molar refractivity (Wildman–Crippen MR) is 59.8 cm³/mol. The van der Waals surface area contributed by atoms with Crippen molar-refractivity contribution in [2.24, 2.45) is 0 Å². The molecule has 0 N–H and O–H groups in total. The molecule has 0 bridgehead atoms. The van der Waals surface area contributed by atoms with E-state index >= 15 is 0 Å². The van der Waals surface area contributed by atoms with Crippen LogP contribution < -0.4 is 0 Å². The van der Waals surface area contributed by atoms with Crippen LogP contribution >= 0.6 is 11.6 Å². The molecule has 0 spiro atoms. The molecule has 0 aromatic heterocycles. The lowest BCUT2D eigenvalue weighted by atomic mass is 10.7. The van der Waals surface area contributed by atoms with Gasteiger partial charge in [0.15, 0.2) is 0 Å². The molecule has 0 aromatic carbocycles. The van der Waals surface area contributed by atoms with E-state index in [9.17, 15) is 4.79 Å². The number of hydrogen-bond acceptors (Lipinski definition) is 5. The Morgan fingerprint density at radius 2 is 1.44 bits per heavy atom. The zero-order valence-corrected chi connectivity index (χ0v) is 10.3. The highest BCUT2D eigenvalue weighted by Crippen LogP contribution is 1.85. The number of hydrogen-bond donors (Lipinski definition) is 0. The Hall–Kier alpha value is -0.360. The standard InChI is InChI=1S/C10H19ClO5/c1-2-13-3-4-14-5-6-15-7-8-16-10(12)9-11/h2-9H2,1H3. The molecule has 0 saturated carbocycles. The summed E-state index contributed by atoms with van der Waals surface area (Å²) in [6, 6.07) is 0. The van der Waals surface area contributed by atoms with Crippen molar-refractivity contribution in [1.29, 1.82) is 0 Å². The molecule has 0 atom stereocenters. The van der Waals surface area contributed by atoms with Crippen LogP contribution in [0.15, 0.2) is 0 Å². The second-order valence-corrected chi connectivity index (χ2v) is 3.04. The molecule has 0 aliphatic carbocycles. The van der Waals surface area contributed by atoms with Gasteiger partial charge in [0.1, 0.15) is 12.5 Å². The number of halogens is 1. The number of carbonyl (C=O) groups is 1. The molecular formula is C10H19ClO5. The first-order chi connectivity index (χ1) is 7.81. The van der Waals surface area contributed by atoms with Crippen LogP contribution in [0, 0.1) is 0 Å². The van der Waals surface area contributed by atoms with Crippen molar-refractivity contribution in [3.8, 4) is 0 Å². The van der Waals surface area contributed by atoms with E-state index in [1.807, 2.05) is 6.92 Å². The van der Waals surface area contributed by atoms with E-state index in [-0.39, 0.29) is 12.5 Å². The van der Waals surface area contributed by atoms with Crippen LogP contribution in [0.4, 0.5) is 0 Å². The summed E-state index contributed by atoms with van der Waals surface area (Å²) in [4.78, 5) is 10.6. The zero-order valence-electron chi connectivity index (χ0n) is 9.58. The average molecular weight is 255 g/mol. The van der Waals surface area contributed by atoms with Gasteiger partial charge < -0.3 is 18.9 Å². The lowest BCUT2D eigenvalue weighted by Crippen LogP contribution is -2.14. The van der Waals surface area contributed by atoms with Crippen LogP contribution in [-0.4, -0.2) is 58.1 Å². The SMILES string of the molecule is CCOCCOCCOCCOC(=O)CCl. The molecule has 0 fully saturated rings. The number of ether oxygens (including phenoxy) is 4. The molecule has 0 radical (unpaired) electrons. The topological polar surface area (TPSA) is 54.0 Å². The first-order valence-corrected chi connectivity index (χ1v) is 5.79. The maximum Gasteiger partial charge on any atom is 0.320 e. The van der Waals surface area contributed by atoms with Gasteiger partial charge in [-0.25, -0.2) is 0 Å². The second-order valence-electron chi connectivity index (χ2n) is 2.78. The summed E-state index contributed by atoms with van der Waals surface area (Å²) in [6.45, 7) is 5.38. The Balaban J connectivity index is 2.96. The molecule has 0 aromatic rings. The lowest BCUT2D eigenvalue weighted by molar-refractivity contribution is -0.142. The Morgan fingerprint density at radius 1 is 0.938 bits per heavy atom. The molecule has 5 nitrogen and oxygen atoms in total. The second kappa shape index (κ2) is 12.7. The van der Waals surface area contributed by atoms with Gasteiger partial charge in [-0.1, -0.05) is 0 Å². The minimum absolute atomic E-state index is 0.124. The smallest absolute Gasteiger partial charge is 0.320 e. The fourth-order valence-electron chi connectivity index (χ4n) is 0.837. The third kappa shape index (κ3) is 11.7. The third-order valence-corrected chi connectivity index (χ3v) is 1.77. The lowest BCUT2D eigenvalue weighted by Gasteiger charge is -2.06. The Morgan fingerprint density at radius 3 is 1.94 bits per heavy atom. The van der Waals surface area contributed by atoms with E-state index in [4.69, 9.17) is 30.5 Å². The van der Waals surface area contributed by atoms with Crippen LogP contribution in [-0.2, 0) is 23.7 Å². The molecule has 0 unspecified atom stereocenters. The summed E-state index contributed by atoms with van der Waals surface area (Å²) >= 11 is 5.23. The average Bonchev–Trinajstić information content (AvgIpc) is 2.31. The highest BCUT2D eigenvalue weighted by Gasteiger charge is 1.98. The normalized spacial score (nSPS) is 10.4. The van der Waals surface area contributed by atoms with E-state index in [0.717, 1.165) is 0 Å². The predicted octanol–water partition coefficient (Wildman–Crippen LogP) is 0.838. The van der Waals surface area contributed by atoms with Crippen molar-refractivity contribution >= 4 is 17.6 Å². The van der Waals surface area contributed by atoms with Crippen molar-refractivity contribution in [3.05, 3.63) is 0 Å². The number of esters is 1. The Labute approximate surface area is 101 Å². The largest absolute Gasteiger partial charge is 0.462 e. The highest BCUT2D eigenvalue weighted by atomic mass is 35.5. The van der Waals surface area contributed by atoms with E-state index in [1.165, 1.54) is 0 Å².